The smallest absolute Gasteiger partial charge is 0.240 e. The summed E-state index contributed by atoms with van der Waals surface area (Å²) in [5, 5.41) is 60.4. The Hall–Kier alpha value is -4.00. The van der Waals surface area contributed by atoms with Gasteiger partial charge in [0.2, 0.25) is 11.7 Å². The molecule has 1 fully saturated rings. The number of nitrogens with two attached hydrogens (primary N) is 1. The average molecular weight is 730 g/mol. The third-order valence-electron chi connectivity index (χ3n) is 9.56. The number of hydrogen-bond donors (Lipinski definition) is 7. The van der Waals surface area contributed by atoms with Crippen LogP contribution < -0.4 is 15.9 Å². The number of hydrazone groups is 1. The molecule has 0 bridgehead atoms. The van der Waals surface area contributed by atoms with Gasteiger partial charge in [0.05, 0.1) is 67.6 Å². The minimum Gasteiger partial charge on any atom is -0.507 e. The Bertz CT molecular complexity index is 1690. The number of fused-ring (bicyclic) bond motifs is 3. The van der Waals surface area contributed by atoms with E-state index in [-0.39, 0.29) is 46.6 Å². The fraction of sp³-hybridized carbons (Fsp3) is 0.556. The van der Waals surface area contributed by atoms with Crippen LogP contribution in [0.5, 0.6) is 17.2 Å². The number of ether oxygens (including phenoxy) is 5. The summed E-state index contributed by atoms with van der Waals surface area (Å²) in [6, 6.07) is 3.64. The standard InChI is InChI=1S/C36H47N3O13/c1-4-10-49-12-13-50-11-6-9-25(41)39-38-24(17-40)36(47)15-20-28(23(16-36)52-26-14-21(37)31(42)18(2)51-26)35(46)30-29(33(20)44)32(43)19-7-5-8-22(48-3)27(19)34(30)45/h5,7-8,18,21,23,26,31,40,42,44,46-47H,4,6,9-17,37H2,1-3H3,(H,39,41)/t18?,21?,23-,26?,31?,36-/m0/s1. The van der Waals surface area contributed by atoms with Gasteiger partial charge in [0.25, 0.3) is 0 Å². The SMILES string of the molecule is CCCOCCOCCCC(=O)NN=C(CO)[C@]1(O)Cc2c(O)c3c(c(O)c2[C@@H](OC2CC(N)C(O)C(C)O2)C1)C(=O)c1c(OC)cccc1C3=O. The molecule has 0 radical (unpaired) electrons. The molecule has 16 nitrogen and oxygen atoms in total. The number of rotatable bonds is 15. The molecule has 8 N–H and O–H groups in total. The Morgan fingerprint density at radius 2 is 1.79 bits per heavy atom. The average Bonchev–Trinajstić information content (AvgIpc) is 3.11. The van der Waals surface area contributed by atoms with Crippen LogP contribution in [-0.2, 0) is 30.2 Å². The van der Waals surface area contributed by atoms with Gasteiger partial charge in [0, 0.05) is 61.6 Å². The fourth-order valence-corrected chi connectivity index (χ4v) is 6.88. The Morgan fingerprint density at radius 1 is 1.08 bits per heavy atom. The number of aliphatic hydroxyl groups is 3. The highest BCUT2D eigenvalue weighted by molar-refractivity contribution is 6.31. The molecule has 0 saturated carbocycles. The maximum atomic E-state index is 13.9. The lowest BCUT2D eigenvalue weighted by molar-refractivity contribution is -0.245. The minimum atomic E-state index is -2.12. The number of aromatic hydroxyl groups is 2. The van der Waals surface area contributed by atoms with Crippen molar-refractivity contribution in [1.82, 2.24) is 5.43 Å². The first kappa shape index (κ1) is 39.2. The summed E-state index contributed by atoms with van der Waals surface area (Å²) in [6.07, 6.45) is -3.81. The molecule has 2 aromatic carbocycles. The van der Waals surface area contributed by atoms with Crippen LogP contribution in [0.2, 0.25) is 0 Å². The van der Waals surface area contributed by atoms with Crippen LogP contribution in [0.4, 0.5) is 0 Å². The molecule has 1 aliphatic heterocycles. The second-order valence-electron chi connectivity index (χ2n) is 13.2. The third-order valence-corrected chi connectivity index (χ3v) is 9.56. The van der Waals surface area contributed by atoms with Crippen LogP contribution in [0.25, 0.3) is 0 Å². The largest absolute Gasteiger partial charge is 0.507 e. The number of nitrogens with zero attached hydrogens (tertiary/aromatic N) is 1. The van der Waals surface area contributed by atoms with E-state index in [1.54, 1.807) is 6.92 Å². The number of nitrogens with one attached hydrogen (secondary N) is 1. The number of amides is 1. The van der Waals surface area contributed by atoms with Crippen molar-refractivity contribution in [3.05, 3.63) is 51.6 Å². The van der Waals surface area contributed by atoms with E-state index in [1.807, 2.05) is 6.92 Å². The van der Waals surface area contributed by atoms with Crippen molar-refractivity contribution >= 4 is 23.2 Å². The zero-order valence-corrected chi connectivity index (χ0v) is 29.4. The lowest BCUT2D eigenvalue weighted by Gasteiger charge is -2.43. The molecule has 1 heterocycles. The number of phenolic OH excluding ortho intramolecular Hbond substituents is 2. The molecule has 1 amide bonds. The van der Waals surface area contributed by atoms with Crippen molar-refractivity contribution in [2.24, 2.45) is 10.8 Å². The molecule has 2 aliphatic carbocycles. The molecular weight excluding hydrogens is 682 g/mol. The van der Waals surface area contributed by atoms with Gasteiger partial charge in [-0.15, -0.1) is 0 Å². The zero-order chi connectivity index (χ0) is 37.7. The molecular formula is C36H47N3O13. The monoisotopic (exact) mass is 729 g/mol. The van der Waals surface area contributed by atoms with E-state index in [1.165, 1.54) is 25.3 Å². The molecule has 5 rings (SSSR count). The number of ketones is 2. The minimum absolute atomic E-state index is 0.00191. The molecule has 284 valence electrons. The Labute approximate surface area is 300 Å². The van der Waals surface area contributed by atoms with Crippen LogP contribution in [-0.4, -0.2) is 119 Å². The third kappa shape index (κ3) is 7.84. The van der Waals surface area contributed by atoms with Crippen LogP contribution in [0.1, 0.15) is 95.0 Å². The van der Waals surface area contributed by atoms with Crippen molar-refractivity contribution in [3.63, 3.8) is 0 Å². The number of methoxy groups -OCH3 is 1. The number of carbonyl (C=O) groups excluding carboxylic acids is 3. The second-order valence-corrected chi connectivity index (χ2v) is 13.2. The number of hydrogen-bond acceptors (Lipinski definition) is 15. The predicted molar refractivity (Wildman–Crippen MR) is 183 cm³/mol. The summed E-state index contributed by atoms with van der Waals surface area (Å²) in [4.78, 5) is 40.4. The highest BCUT2D eigenvalue weighted by atomic mass is 16.7. The lowest BCUT2D eigenvalue weighted by atomic mass is 9.71. The second kappa shape index (κ2) is 16.8. The van der Waals surface area contributed by atoms with Crippen molar-refractivity contribution in [1.29, 1.82) is 0 Å². The molecule has 0 spiro atoms. The van der Waals surface area contributed by atoms with E-state index in [0.717, 1.165) is 6.42 Å². The first-order valence-corrected chi connectivity index (χ1v) is 17.3. The number of phenols is 2. The van der Waals surface area contributed by atoms with E-state index < -0.39 is 95.8 Å². The predicted octanol–water partition coefficient (Wildman–Crippen LogP) is 1.13. The quantitative estimate of drug-likeness (QED) is 0.0502. The number of benzene rings is 2. The zero-order valence-electron chi connectivity index (χ0n) is 29.4. The van der Waals surface area contributed by atoms with E-state index in [9.17, 15) is 39.9 Å². The summed E-state index contributed by atoms with van der Waals surface area (Å²) in [7, 11) is 1.33. The van der Waals surface area contributed by atoms with Crippen LogP contribution in [0.3, 0.4) is 0 Å². The van der Waals surface area contributed by atoms with Crippen molar-refractivity contribution in [3.8, 4) is 17.2 Å². The van der Waals surface area contributed by atoms with Gasteiger partial charge < -0.3 is 55.0 Å². The summed E-state index contributed by atoms with van der Waals surface area (Å²) in [5.74, 6) is -3.32. The van der Waals surface area contributed by atoms with E-state index in [4.69, 9.17) is 29.4 Å². The number of carbonyl (C=O) groups is 3. The number of aliphatic hydroxyl groups excluding tert-OH is 2. The van der Waals surface area contributed by atoms with E-state index >= 15 is 0 Å². The van der Waals surface area contributed by atoms with Crippen molar-refractivity contribution in [2.45, 2.75) is 88.6 Å². The molecule has 2 aromatic rings. The maximum absolute atomic E-state index is 13.9. The van der Waals surface area contributed by atoms with Gasteiger partial charge >= 0.3 is 0 Å². The van der Waals surface area contributed by atoms with Gasteiger partial charge in [-0.3, -0.25) is 14.4 Å². The van der Waals surface area contributed by atoms with Gasteiger partial charge in [-0.1, -0.05) is 19.1 Å². The summed E-state index contributed by atoms with van der Waals surface area (Å²) in [5.41, 5.74) is 4.70. The van der Waals surface area contributed by atoms with Crippen molar-refractivity contribution in [2.75, 3.05) is 40.1 Å². The molecule has 6 atom stereocenters. The van der Waals surface area contributed by atoms with Crippen molar-refractivity contribution < 1.29 is 63.6 Å². The highest BCUT2D eigenvalue weighted by Gasteiger charge is 2.49. The Morgan fingerprint density at radius 3 is 2.46 bits per heavy atom. The van der Waals surface area contributed by atoms with Gasteiger partial charge in [-0.25, -0.2) is 5.43 Å². The lowest BCUT2D eigenvalue weighted by Crippen LogP contribution is -2.53. The molecule has 16 heteroatoms. The highest BCUT2D eigenvalue weighted by Crippen LogP contribution is 2.52. The van der Waals surface area contributed by atoms with E-state index in [0.29, 0.717) is 32.8 Å². The summed E-state index contributed by atoms with van der Waals surface area (Å²) < 4.78 is 28.2. The molecule has 52 heavy (non-hydrogen) atoms. The maximum Gasteiger partial charge on any atom is 0.240 e. The fourth-order valence-electron chi connectivity index (χ4n) is 6.88. The van der Waals surface area contributed by atoms with Crippen LogP contribution >= 0.6 is 0 Å². The van der Waals surface area contributed by atoms with E-state index in [2.05, 4.69) is 10.5 Å². The van der Waals surface area contributed by atoms with Gasteiger partial charge in [-0.2, -0.15) is 5.10 Å². The summed E-state index contributed by atoms with van der Waals surface area (Å²) >= 11 is 0. The molecule has 4 unspecified atom stereocenters. The molecule has 0 aromatic heterocycles. The van der Waals surface area contributed by atoms with Gasteiger partial charge in [0.1, 0.15) is 22.8 Å². The summed E-state index contributed by atoms with van der Waals surface area (Å²) in [6.45, 7) is 4.52. The molecule has 1 saturated heterocycles. The van der Waals surface area contributed by atoms with Gasteiger partial charge in [0.15, 0.2) is 12.1 Å². The topological polar surface area (TPSA) is 249 Å². The molecule has 3 aliphatic rings. The Kier molecular flexibility index (Phi) is 12.6. The first-order valence-electron chi connectivity index (χ1n) is 17.3. The van der Waals surface area contributed by atoms with Crippen LogP contribution in [0, 0.1) is 0 Å². The normalized spacial score (nSPS) is 25.7. The van der Waals surface area contributed by atoms with Crippen LogP contribution in [0.15, 0.2) is 23.3 Å². The Balaban J connectivity index is 1.47. The first-order chi connectivity index (χ1) is 24.9. The van der Waals surface area contributed by atoms with Gasteiger partial charge in [-0.05, 0) is 25.8 Å².